The molecule has 0 heterocycles. The van der Waals surface area contributed by atoms with Gasteiger partial charge >= 0.3 is 0 Å². The number of benzene rings is 2. The van der Waals surface area contributed by atoms with E-state index in [2.05, 4.69) is 0 Å². The zero-order valence-corrected chi connectivity index (χ0v) is 13.0. The molecule has 0 radical (unpaired) electrons. The Bertz CT molecular complexity index is 735. The maximum absolute atomic E-state index is 12.3. The van der Waals surface area contributed by atoms with Crippen LogP contribution in [0, 0.1) is 20.8 Å². The number of ether oxygens (including phenoxy) is 1. The molecular formula is C18H19NO3. The lowest BCUT2D eigenvalue weighted by Crippen LogP contribution is -2.17. The summed E-state index contributed by atoms with van der Waals surface area (Å²) in [4.78, 5) is 23.7. The van der Waals surface area contributed by atoms with Gasteiger partial charge in [0.25, 0.3) is 5.91 Å². The molecule has 0 aliphatic carbocycles. The summed E-state index contributed by atoms with van der Waals surface area (Å²) < 4.78 is 5.49. The highest BCUT2D eigenvalue weighted by molar-refractivity contribution is 5.99. The first-order valence-electron chi connectivity index (χ1n) is 7.03. The van der Waals surface area contributed by atoms with Crippen LogP contribution >= 0.6 is 0 Å². The van der Waals surface area contributed by atoms with E-state index in [0.29, 0.717) is 11.3 Å². The van der Waals surface area contributed by atoms with Gasteiger partial charge in [0.05, 0.1) is 5.56 Å². The molecule has 2 N–H and O–H groups in total. The van der Waals surface area contributed by atoms with E-state index in [1.807, 2.05) is 32.9 Å². The lowest BCUT2D eigenvalue weighted by molar-refractivity contribution is 0.0911. The SMILES string of the molecule is Cc1cc(C)c(C(=O)COc2ccccc2C(N)=O)cc1C. The van der Waals surface area contributed by atoms with Gasteiger partial charge in [-0.05, 0) is 55.7 Å². The summed E-state index contributed by atoms with van der Waals surface area (Å²) >= 11 is 0. The number of primary amides is 1. The first kappa shape index (κ1) is 15.8. The van der Waals surface area contributed by atoms with Crippen LogP contribution in [0.15, 0.2) is 36.4 Å². The van der Waals surface area contributed by atoms with Crippen LogP contribution in [-0.2, 0) is 0 Å². The van der Waals surface area contributed by atoms with Gasteiger partial charge in [0, 0.05) is 5.56 Å². The van der Waals surface area contributed by atoms with Gasteiger partial charge in [-0.1, -0.05) is 18.2 Å². The number of hydrogen-bond acceptors (Lipinski definition) is 3. The number of carbonyl (C=O) groups excluding carboxylic acids is 2. The summed E-state index contributed by atoms with van der Waals surface area (Å²) in [6, 6.07) is 10.5. The summed E-state index contributed by atoms with van der Waals surface area (Å²) in [5, 5.41) is 0. The molecule has 2 aromatic carbocycles. The summed E-state index contributed by atoms with van der Waals surface area (Å²) in [5.74, 6) is -0.380. The molecule has 0 spiro atoms. The molecule has 4 heteroatoms. The molecule has 0 atom stereocenters. The van der Waals surface area contributed by atoms with Crippen LogP contribution in [0.1, 0.15) is 37.4 Å². The van der Waals surface area contributed by atoms with Gasteiger partial charge in [-0.25, -0.2) is 0 Å². The minimum absolute atomic E-state index is 0.125. The zero-order valence-electron chi connectivity index (χ0n) is 13.0. The van der Waals surface area contributed by atoms with Crippen molar-refractivity contribution in [2.45, 2.75) is 20.8 Å². The second-order valence-electron chi connectivity index (χ2n) is 5.32. The van der Waals surface area contributed by atoms with E-state index in [1.54, 1.807) is 24.3 Å². The van der Waals surface area contributed by atoms with Crippen LogP contribution in [-0.4, -0.2) is 18.3 Å². The molecule has 0 bridgehead atoms. The smallest absolute Gasteiger partial charge is 0.252 e. The molecule has 0 unspecified atom stereocenters. The molecule has 2 aromatic rings. The quantitative estimate of drug-likeness (QED) is 0.863. The van der Waals surface area contributed by atoms with E-state index in [-0.39, 0.29) is 18.0 Å². The van der Waals surface area contributed by atoms with Crippen molar-refractivity contribution in [3.05, 3.63) is 64.2 Å². The van der Waals surface area contributed by atoms with Crippen molar-refractivity contribution in [2.24, 2.45) is 5.73 Å². The van der Waals surface area contributed by atoms with E-state index < -0.39 is 5.91 Å². The van der Waals surface area contributed by atoms with Crippen LogP contribution in [0.2, 0.25) is 0 Å². The molecule has 2 rings (SSSR count). The van der Waals surface area contributed by atoms with Crippen molar-refractivity contribution in [2.75, 3.05) is 6.61 Å². The third-order valence-corrected chi connectivity index (χ3v) is 3.65. The van der Waals surface area contributed by atoms with Gasteiger partial charge in [-0.3, -0.25) is 9.59 Å². The number of rotatable bonds is 5. The van der Waals surface area contributed by atoms with E-state index in [9.17, 15) is 9.59 Å². The van der Waals surface area contributed by atoms with Gasteiger partial charge in [0.15, 0.2) is 12.4 Å². The van der Waals surface area contributed by atoms with Crippen molar-refractivity contribution >= 4 is 11.7 Å². The predicted molar refractivity (Wildman–Crippen MR) is 85.4 cm³/mol. The number of nitrogens with two attached hydrogens (primary N) is 1. The lowest BCUT2D eigenvalue weighted by Gasteiger charge is -2.11. The topological polar surface area (TPSA) is 69.4 Å². The number of aryl methyl sites for hydroxylation is 3. The third kappa shape index (κ3) is 3.34. The highest BCUT2D eigenvalue weighted by Gasteiger charge is 2.14. The highest BCUT2D eigenvalue weighted by atomic mass is 16.5. The standard InChI is InChI=1S/C18H19NO3/c1-11-8-13(3)15(9-12(11)2)16(20)10-22-17-7-5-4-6-14(17)18(19)21/h4-9H,10H2,1-3H3,(H2,19,21). The summed E-state index contributed by atoms with van der Waals surface area (Å²) in [6.45, 7) is 5.75. The molecule has 4 nitrogen and oxygen atoms in total. The Kier molecular flexibility index (Phi) is 4.61. The minimum Gasteiger partial charge on any atom is -0.485 e. The Balaban J connectivity index is 2.18. The van der Waals surface area contributed by atoms with E-state index in [0.717, 1.165) is 16.7 Å². The molecule has 0 fully saturated rings. The van der Waals surface area contributed by atoms with Gasteiger partial charge in [0.1, 0.15) is 5.75 Å². The van der Waals surface area contributed by atoms with Gasteiger partial charge in [0.2, 0.25) is 0 Å². The molecule has 0 saturated heterocycles. The molecule has 0 aliphatic rings. The summed E-state index contributed by atoms with van der Waals surface area (Å²) in [6.07, 6.45) is 0. The van der Waals surface area contributed by atoms with Crippen LogP contribution < -0.4 is 10.5 Å². The number of ketones is 1. The summed E-state index contributed by atoms with van der Waals surface area (Å²) in [5.41, 5.74) is 9.32. The number of amides is 1. The lowest BCUT2D eigenvalue weighted by atomic mass is 9.98. The Morgan fingerprint density at radius 3 is 2.27 bits per heavy atom. The average Bonchev–Trinajstić information content (AvgIpc) is 2.48. The Hall–Kier alpha value is -2.62. The molecular weight excluding hydrogens is 278 g/mol. The van der Waals surface area contributed by atoms with Gasteiger partial charge in [-0.2, -0.15) is 0 Å². The van der Waals surface area contributed by atoms with Gasteiger partial charge < -0.3 is 10.5 Å². The fourth-order valence-electron chi connectivity index (χ4n) is 2.28. The normalized spacial score (nSPS) is 10.3. The van der Waals surface area contributed by atoms with Crippen LogP contribution in [0.5, 0.6) is 5.75 Å². The van der Waals surface area contributed by atoms with Crippen LogP contribution in [0.25, 0.3) is 0 Å². The minimum atomic E-state index is -0.578. The molecule has 0 aromatic heterocycles. The number of hydrogen-bond donors (Lipinski definition) is 1. The molecule has 22 heavy (non-hydrogen) atoms. The Labute approximate surface area is 129 Å². The highest BCUT2D eigenvalue weighted by Crippen LogP contribution is 2.19. The monoisotopic (exact) mass is 297 g/mol. The summed E-state index contributed by atoms with van der Waals surface area (Å²) in [7, 11) is 0. The second kappa shape index (κ2) is 6.43. The predicted octanol–water partition coefficient (Wildman–Crippen LogP) is 2.97. The second-order valence-corrected chi connectivity index (χ2v) is 5.32. The van der Waals surface area contributed by atoms with Crippen molar-refractivity contribution < 1.29 is 14.3 Å². The Morgan fingerprint density at radius 1 is 0.955 bits per heavy atom. The fraction of sp³-hybridized carbons (Fsp3) is 0.222. The van der Waals surface area contributed by atoms with Crippen LogP contribution in [0.4, 0.5) is 0 Å². The number of carbonyl (C=O) groups is 2. The molecule has 0 aliphatic heterocycles. The zero-order chi connectivity index (χ0) is 16.3. The third-order valence-electron chi connectivity index (χ3n) is 3.65. The van der Waals surface area contributed by atoms with E-state index in [4.69, 9.17) is 10.5 Å². The maximum Gasteiger partial charge on any atom is 0.252 e. The number of Topliss-reactive ketones (excluding diaryl/α,β-unsaturated/α-hetero) is 1. The first-order valence-corrected chi connectivity index (χ1v) is 7.03. The van der Waals surface area contributed by atoms with E-state index in [1.165, 1.54) is 0 Å². The van der Waals surface area contributed by atoms with Crippen molar-refractivity contribution in [3.63, 3.8) is 0 Å². The molecule has 114 valence electrons. The molecule has 0 saturated carbocycles. The van der Waals surface area contributed by atoms with Gasteiger partial charge in [-0.15, -0.1) is 0 Å². The largest absolute Gasteiger partial charge is 0.485 e. The van der Waals surface area contributed by atoms with Crippen LogP contribution in [0.3, 0.4) is 0 Å². The Morgan fingerprint density at radius 2 is 1.59 bits per heavy atom. The van der Waals surface area contributed by atoms with Crippen molar-refractivity contribution in [3.8, 4) is 5.75 Å². The maximum atomic E-state index is 12.3. The fourth-order valence-corrected chi connectivity index (χ4v) is 2.28. The first-order chi connectivity index (χ1) is 10.4. The van der Waals surface area contributed by atoms with E-state index >= 15 is 0 Å². The van der Waals surface area contributed by atoms with Crippen molar-refractivity contribution in [1.29, 1.82) is 0 Å². The number of para-hydroxylation sites is 1. The average molecular weight is 297 g/mol. The molecule has 1 amide bonds. The van der Waals surface area contributed by atoms with Crippen molar-refractivity contribution in [1.82, 2.24) is 0 Å².